The van der Waals surface area contributed by atoms with Crippen LogP contribution < -0.4 is 15.4 Å². The fourth-order valence-corrected chi connectivity index (χ4v) is 12.7. The number of nitrogens with two attached hydrogens (primary N) is 1. The molecule has 0 saturated carbocycles. The lowest BCUT2D eigenvalue weighted by molar-refractivity contribution is 0.145. The minimum absolute atomic E-state index is 0.00331. The topological polar surface area (TPSA) is 77.9 Å². The summed E-state index contributed by atoms with van der Waals surface area (Å²) in [4.78, 5) is 2.35. The Morgan fingerprint density at radius 1 is 0.842 bits per heavy atom. The summed E-state index contributed by atoms with van der Waals surface area (Å²) < 4.78 is 15.7. The first-order chi connectivity index (χ1) is 18.2. The number of fused-ring (bicyclic) bond motifs is 2. The number of anilines is 1. The molecule has 2 N–H and O–H groups in total. The van der Waals surface area contributed by atoms with E-state index in [1.807, 2.05) is 18.3 Å². The SMILES string of the molecule is CC(C)[Si](OC1CCN(c2nnc3ccc(O[C@@H]4CC[C@H](N)c5ccccc54)cn23)CC1)(C(C)C)C(C)C. The highest BCUT2D eigenvalue weighted by Gasteiger charge is 2.47. The third kappa shape index (κ3) is 4.98. The van der Waals surface area contributed by atoms with E-state index in [9.17, 15) is 0 Å². The predicted molar refractivity (Wildman–Crippen MR) is 156 cm³/mol. The molecule has 8 heteroatoms. The molecular weight excluding hydrogens is 490 g/mol. The standard InChI is InChI=1S/C30H45N5O2Si/c1-20(2)38(21(3)4,22(5)6)37-23-15-17-34(18-16-23)30-33-32-29-14-11-24(19-35(29)30)36-28-13-12-27(31)25-9-7-8-10-26(25)28/h7-11,14,19-23,27-28H,12-13,15-18,31H2,1-6H3/t27-,28+/m0/s1. The molecule has 1 aromatic carbocycles. The van der Waals surface area contributed by atoms with Crippen LogP contribution in [0.2, 0.25) is 16.6 Å². The van der Waals surface area contributed by atoms with Gasteiger partial charge in [-0.05, 0) is 65.6 Å². The first-order valence-electron chi connectivity index (χ1n) is 14.5. The Balaban J connectivity index is 1.30. The van der Waals surface area contributed by atoms with E-state index in [0.29, 0.717) is 22.7 Å². The van der Waals surface area contributed by atoms with Gasteiger partial charge >= 0.3 is 0 Å². The van der Waals surface area contributed by atoms with Gasteiger partial charge in [-0.15, -0.1) is 10.2 Å². The minimum atomic E-state index is -1.88. The molecular formula is C30H45N5O2Si. The van der Waals surface area contributed by atoms with Gasteiger partial charge in [-0.3, -0.25) is 4.40 Å². The van der Waals surface area contributed by atoms with E-state index in [2.05, 4.69) is 85.3 Å². The van der Waals surface area contributed by atoms with Crippen LogP contribution in [0.3, 0.4) is 0 Å². The maximum Gasteiger partial charge on any atom is 0.231 e. The van der Waals surface area contributed by atoms with Crippen molar-refractivity contribution < 1.29 is 9.16 Å². The van der Waals surface area contributed by atoms with Crippen LogP contribution in [-0.2, 0) is 4.43 Å². The average Bonchev–Trinajstić information content (AvgIpc) is 3.32. The molecule has 2 aromatic heterocycles. The van der Waals surface area contributed by atoms with Crippen molar-refractivity contribution in [3.05, 3.63) is 53.7 Å². The van der Waals surface area contributed by atoms with E-state index in [-0.39, 0.29) is 12.1 Å². The van der Waals surface area contributed by atoms with Crippen LogP contribution in [0.25, 0.3) is 5.65 Å². The summed E-state index contributed by atoms with van der Waals surface area (Å²) in [5.41, 5.74) is 11.4. The van der Waals surface area contributed by atoms with Crippen molar-refractivity contribution in [2.75, 3.05) is 18.0 Å². The van der Waals surface area contributed by atoms with E-state index < -0.39 is 8.32 Å². The van der Waals surface area contributed by atoms with Gasteiger partial charge in [-0.25, -0.2) is 0 Å². The van der Waals surface area contributed by atoms with E-state index >= 15 is 0 Å². The highest BCUT2D eigenvalue weighted by Crippen LogP contribution is 2.44. The minimum Gasteiger partial charge on any atom is -0.484 e. The Hall–Kier alpha value is -2.42. The van der Waals surface area contributed by atoms with Crippen LogP contribution in [-0.4, -0.2) is 42.1 Å². The van der Waals surface area contributed by atoms with Crippen molar-refractivity contribution in [3.63, 3.8) is 0 Å². The maximum atomic E-state index is 7.10. The Bertz CT molecular complexity index is 1210. The summed E-state index contributed by atoms with van der Waals surface area (Å²) >= 11 is 0. The molecule has 0 spiro atoms. The lowest BCUT2D eigenvalue weighted by Gasteiger charge is -2.46. The first kappa shape index (κ1) is 27.2. The maximum absolute atomic E-state index is 7.10. The van der Waals surface area contributed by atoms with Crippen molar-refractivity contribution in [2.45, 2.75) is 102 Å². The second-order valence-electron chi connectivity index (χ2n) is 12.1. The summed E-state index contributed by atoms with van der Waals surface area (Å²) in [5, 5.41) is 9.02. The number of piperidine rings is 1. The zero-order valence-corrected chi connectivity index (χ0v) is 24.9. The molecule has 1 aliphatic carbocycles. The molecule has 1 aliphatic heterocycles. The van der Waals surface area contributed by atoms with Crippen LogP contribution in [0.1, 0.15) is 90.5 Å². The van der Waals surface area contributed by atoms with Gasteiger partial charge in [0.05, 0.1) is 6.20 Å². The number of ether oxygens (including phenoxy) is 1. The van der Waals surface area contributed by atoms with Crippen molar-refractivity contribution in [3.8, 4) is 5.75 Å². The van der Waals surface area contributed by atoms with Gasteiger partial charge in [-0.1, -0.05) is 65.8 Å². The van der Waals surface area contributed by atoms with Crippen LogP contribution in [0, 0.1) is 0 Å². The molecule has 0 amide bonds. The lowest BCUT2D eigenvalue weighted by Crippen LogP contribution is -2.52. The number of rotatable bonds is 8. The van der Waals surface area contributed by atoms with Gasteiger partial charge < -0.3 is 19.8 Å². The van der Waals surface area contributed by atoms with Crippen molar-refractivity contribution in [1.29, 1.82) is 0 Å². The molecule has 3 aromatic rings. The third-order valence-corrected chi connectivity index (χ3v) is 15.1. The van der Waals surface area contributed by atoms with Crippen LogP contribution in [0.5, 0.6) is 5.75 Å². The van der Waals surface area contributed by atoms with Gasteiger partial charge in [0.1, 0.15) is 11.9 Å². The van der Waals surface area contributed by atoms with E-state index in [0.717, 1.165) is 56.1 Å². The van der Waals surface area contributed by atoms with Crippen molar-refractivity contribution in [2.24, 2.45) is 5.73 Å². The largest absolute Gasteiger partial charge is 0.484 e. The summed E-state index contributed by atoms with van der Waals surface area (Å²) in [5.74, 6) is 1.71. The smallest absolute Gasteiger partial charge is 0.231 e. The molecule has 1 saturated heterocycles. The molecule has 2 atom stereocenters. The first-order valence-corrected chi connectivity index (χ1v) is 16.6. The summed E-state index contributed by atoms with van der Waals surface area (Å²) in [6.07, 6.45) is 6.24. The van der Waals surface area contributed by atoms with Crippen LogP contribution in [0.15, 0.2) is 42.6 Å². The molecule has 3 heterocycles. The zero-order valence-electron chi connectivity index (χ0n) is 23.9. The fourth-order valence-electron chi connectivity index (χ4n) is 7.09. The Labute approximate surface area is 228 Å². The Kier molecular flexibility index (Phi) is 7.85. The van der Waals surface area contributed by atoms with Gasteiger partial charge in [0.25, 0.3) is 0 Å². The number of benzene rings is 1. The zero-order chi connectivity index (χ0) is 27.0. The quantitative estimate of drug-likeness (QED) is 0.320. The van der Waals surface area contributed by atoms with E-state index in [4.69, 9.17) is 14.9 Å². The lowest BCUT2D eigenvalue weighted by atomic mass is 9.86. The van der Waals surface area contributed by atoms with Crippen molar-refractivity contribution in [1.82, 2.24) is 14.6 Å². The Morgan fingerprint density at radius 2 is 1.50 bits per heavy atom. The molecule has 0 unspecified atom stereocenters. The predicted octanol–water partition coefficient (Wildman–Crippen LogP) is 6.80. The van der Waals surface area contributed by atoms with Gasteiger partial charge in [-0.2, -0.15) is 0 Å². The van der Waals surface area contributed by atoms with Gasteiger partial charge in [0.15, 0.2) is 5.65 Å². The molecule has 7 nitrogen and oxygen atoms in total. The Morgan fingerprint density at radius 3 is 2.16 bits per heavy atom. The van der Waals surface area contributed by atoms with Crippen LogP contribution >= 0.6 is 0 Å². The van der Waals surface area contributed by atoms with Gasteiger partial charge in [0, 0.05) is 25.2 Å². The third-order valence-electron chi connectivity index (χ3n) is 8.92. The van der Waals surface area contributed by atoms with Gasteiger partial charge in [0.2, 0.25) is 14.3 Å². The number of nitrogens with zero attached hydrogens (tertiary/aromatic N) is 4. The fraction of sp³-hybridized carbons (Fsp3) is 0.600. The molecule has 5 rings (SSSR count). The molecule has 38 heavy (non-hydrogen) atoms. The second kappa shape index (κ2) is 11.0. The molecule has 206 valence electrons. The van der Waals surface area contributed by atoms with E-state index in [1.54, 1.807) is 0 Å². The molecule has 0 bridgehead atoms. The average molecular weight is 536 g/mol. The van der Waals surface area contributed by atoms with Crippen molar-refractivity contribution >= 4 is 19.9 Å². The van der Waals surface area contributed by atoms with Crippen LogP contribution in [0.4, 0.5) is 5.95 Å². The second-order valence-corrected chi connectivity index (χ2v) is 17.5. The molecule has 2 aliphatic rings. The highest BCUT2D eigenvalue weighted by atomic mass is 28.4. The summed E-state index contributed by atoms with van der Waals surface area (Å²) in [6, 6.07) is 12.5. The summed E-state index contributed by atoms with van der Waals surface area (Å²) in [7, 11) is -1.88. The molecule has 1 fully saturated rings. The molecule has 0 radical (unpaired) electrons. The van der Waals surface area contributed by atoms with E-state index in [1.165, 1.54) is 11.1 Å². The number of hydrogen-bond acceptors (Lipinski definition) is 6. The monoisotopic (exact) mass is 535 g/mol. The number of pyridine rings is 1. The number of aromatic nitrogens is 3. The summed E-state index contributed by atoms with van der Waals surface area (Å²) in [6.45, 7) is 16.0. The number of hydrogen-bond donors (Lipinski definition) is 1. The highest BCUT2D eigenvalue weighted by molar-refractivity contribution is 6.77. The normalized spacial score (nSPS) is 21.1.